The zero-order valence-electron chi connectivity index (χ0n) is 8.91. The summed E-state index contributed by atoms with van der Waals surface area (Å²) in [6, 6.07) is 2.34. The summed E-state index contributed by atoms with van der Waals surface area (Å²) in [5, 5.41) is 8.88. The monoisotopic (exact) mass is 212 g/mol. The highest BCUT2D eigenvalue weighted by Gasteiger charge is 2.52. The summed E-state index contributed by atoms with van der Waals surface area (Å²) in [6.07, 6.45) is 3.49. The number of rotatable bonds is 4. The van der Waals surface area contributed by atoms with Gasteiger partial charge in [0.1, 0.15) is 5.41 Å². The Morgan fingerprint density at radius 2 is 2.29 bits per heavy atom. The van der Waals surface area contributed by atoms with Crippen molar-refractivity contribution < 1.29 is 4.79 Å². The van der Waals surface area contributed by atoms with Crippen molar-refractivity contribution in [2.45, 2.75) is 25.8 Å². The summed E-state index contributed by atoms with van der Waals surface area (Å²) in [4.78, 5) is 13.6. The molecular weight excluding hydrogens is 196 g/mol. The van der Waals surface area contributed by atoms with E-state index in [1.165, 1.54) is 0 Å². The van der Waals surface area contributed by atoms with Crippen molar-refractivity contribution in [2.24, 2.45) is 5.41 Å². The summed E-state index contributed by atoms with van der Waals surface area (Å²) in [5.74, 6) is 0.922. The first-order chi connectivity index (χ1) is 6.57. The smallest absolute Gasteiger partial charge is 0.243 e. The number of carbonyl (C=O) groups excluding carboxylic acids is 1. The molecule has 1 aliphatic carbocycles. The fraction of sp³-hybridized carbons (Fsp3) is 0.800. The van der Waals surface area contributed by atoms with Crippen LogP contribution in [0.25, 0.3) is 0 Å². The minimum absolute atomic E-state index is 0.00144. The molecule has 14 heavy (non-hydrogen) atoms. The molecule has 0 aliphatic heterocycles. The number of amides is 1. The van der Waals surface area contributed by atoms with Crippen LogP contribution in [0.3, 0.4) is 0 Å². The van der Waals surface area contributed by atoms with E-state index >= 15 is 0 Å². The topological polar surface area (TPSA) is 44.1 Å². The van der Waals surface area contributed by atoms with Gasteiger partial charge in [0, 0.05) is 18.8 Å². The van der Waals surface area contributed by atoms with Crippen LogP contribution in [0.15, 0.2) is 0 Å². The molecule has 0 N–H and O–H groups in total. The maximum atomic E-state index is 11.9. The van der Waals surface area contributed by atoms with E-state index in [9.17, 15) is 4.79 Å². The van der Waals surface area contributed by atoms with Crippen molar-refractivity contribution in [3.63, 3.8) is 0 Å². The molecule has 0 radical (unpaired) electrons. The molecule has 1 saturated carbocycles. The molecule has 3 nitrogen and oxygen atoms in total. The number of thioether (sulfide) groups is 1. The number of carbonyl (C=O) groups is 1. The van der Waals surface area contributed by atoms with Crippen LogP contribution in [0.1, 0.15) is 19.8 Å². The highest BCUT2D eigenvalue weighted by atomic mass is 32.2. The van der Waals surface area contributed by atoms with Gasteiger partial charge in [0.2, 0.25) is 5.91 Å². The van der Waals surface area contributed by atoms with Gasteiger partial charge in [-0.15, -0.1) is 0 Å². The maximum absolute atomic E-state index is 11.9. The van der Waals surface area contributed by atoms with Gasteiger partial charge < -0.3 is 4.90 Å². The first-order valence-corrected chi connectivity index (χ1v) is 6.14. The van der Waals surface area contributed by atoms with Gasteiger partial charge in [0.25, 0.3) is 0 Å². The molecular formula is C10H16N2OS. The number of nitriles is 1. The minimum Gasteiger partial charge on any atom is -0.341 e. The standard InChI is InChI=1S/C10H16N2OS/c1-8(6-14-3)12(2)9(13)10(7-11)4-5-10/h8H,4-6H2,1-3H3. The minimum atomic E-state index is -0.665. The molecule has 1 amide bonds. The Morgan fingerprint density at radius 3 is 2.64 bits per heavy atom. The Bertz CT molecular complexity index is 268. The van der Waals surface area contributed by atoms with E-state index in [0.29, 0.717) is 0 Å². The fourth-order valence-electron chi connectivity index (χ4n) is 1.39. The lowest BCUT2D eigenvalue weighted by Gasteiger charge is -2.26. The lowest BCUT2D eigenvalue weighted by Crippen LogP contribution is -2.40. The Balaban J connectivity index is 2.57. The molecule has 1 unspecified atom stereocenters. The van der Waals surface area contributed by atoms with Crippen molar-refractivity contribution >= 4 is 17.7 Å². The summed E-state index contributed by atoms with van der Waals surface area (Å²) < 4.78 is 0. The van der Waals surface area contributed by atoms with E-state index in [-0.39, 0.29) is 11.9 Å². The van der Waals surface area contributed by atoms with Gasteiger partial charge in [0.05, 0.1) is 6.07 Å². The molecule has 78 valence electrons. The van der Waals surface area contributed by atoms with E-state index in [1.54, 1.807) is 23.7 Å². The van der Waals surface area contributed by atoms with Crippen LogP contribution in [0.2, 0.25) is 0 Å². The Morgan fingerprint density at radius 1 is 1.71 bits per heavy atom. The second-order valence-corrected chi connectivity index (χ2v) is 4.83. The predicted octanol–water partition coefficient (Wildman–Crippen LogP) is 1.50. The van der Waals surface area contributed by atoms with Gasteiger partial charge in [-0.05, 0) is 26.0 Å². The summed E-state index contributed by atoms with van der Waals surface area (Å²) in [7, 11) is 1.79. The van der Waals surface area contributed by atoms with Gasteiger partial charge in [-0.1, -0.05) is 0 Å². The van der Waals surface area contributed by atoms with Crippen LogP contribution in [0, 0.1) is 16.7 Å². The Hall–Kier alpha value is -0.690. The Kier molecular flexibility index (Phi) is 3.43. The normalized spacial score (nSPS) is 19.6. The fourth-order valence-corrected chi connectivity index (χ4v) is 2.10. The van der Waals surface area contributed by atoms with E-state index in [1.807, 2.05) is 13.2 Å². The first-order valence-electron chi connectivity index (χ1n) is 4.75. The molecule has 1 aliphatic rings. The number of hydrogen-bond donors (Lipinski definition) is 0. The zero-order chi connectivity index (χ0) is 10.8. The third kappa shape index (κ3) is 2.03. The van der Waals surface area contributed by atoms with Gasteiger partial charge >= 0.3 is 0 Å². The molecule has 1 rings (SSSR count). The van der Waals surface area contributed by atoms with Gasteiger partial charge in [-0.3, -0.25) is 4.79 Å². The van der Waals surface area contributed by atoms with E-state index in [4.69, 9.17) is 5.26 Å². The van der Waals surface area contributed by atoms with Crippen molar-refractivity contribution in [2.75, 3.05) is 19.1 Å². The van der Waals surface area contributed by atoms with Crippen LogP contribution < -0.4 is 0 Å². The zero-order valence-corrected chi connectivity index (χ0v) is 9.73. The summed E-state index contributed by atoms with van der Waals surface area (Å²) in [5.41, 5.74) is -0.665. The van der Waals surface area contributed by atoms with Crippen LogP contribution in [0.5, 0.6) is 0 Å². The third-order valence-electron chi connectivity index (χ3n) is 2.76. The lowest BCUT2D eigenvalue weighted by molar-refractivity contribution is -0.135. The molecule has 0 heterocycles. The molecule has 0 bridgehead atoms. The predicted molar refractivity (Wildman–Crippen MR) is 57.9 cm³/mol. The van der Waals surface area contributed by atoms with Crippen molar-refractivity contribution in [1.29, 1.82) is 5.26 Å². The molecule has 1 atom stereocenters. The molecule has 0 aromatic carbocycles. The second kappa shape index (κ2) is 4.22. The number of nitrogens with zero attached hydrogens (tertiary/aromatic N) is 2. The highest BCUT2D eigenvalue weighted by Crippen LogP contribution is 2.46. The lowest BCUT2D eigenvalue weighted by atomic mass is 10.1. The molecule has 0 spiro atoms. The first kappa shape index (κ1) is 11.4. The largest absolute Gasteiger partial charge is 0.341 e. The van der Waals surface area contributed by atoms with Crippen molar-refractivity contribution in [3.05, 3.63) is 0 Å². The van der Waals surface area contributed by atoms with E-state index in [0.717, 1.165) is 18.6 Å². The van der Waals surface area contributed by atoms with Crippen molar-refractivity contribution in [1.82, 2.24) is 4.90 Å². The third-order valence-corrected chi connectivity index (χ3v) is 3.58. The molecule has 4 heteroatoms. The van der Waals surface area contributed by atoms with Crippen LogP contribution in [-0.4, -0.2) is 35.9 Å². The quantitative estimate of drug-likeness (QED) is 0.709. The van der Waals surface area contributed by atoms with Crippen molar-refractivity contribution in [3.8, 4) is 6.07 Å². The SMILES string of the molecule is CSCC(C)N(C)C(=O)C1(C#N)CC1. The summed E-state index contributed by atoms with van der Waals surface area (Å²) >= 11 is 1.72. The molecule has 0 saturated heterocycles. The second-order valence-electron chi connectivity index (χ2n) is 3.91. The van der Waals surface area contributed by atoms with Gasteiger partial charge in [-0.2, -0.15) is 17.0 Å². The average Bonchev–Trinajstić information content (AvgIpc) is 2.96. The van der Waals surface area contributed by atoms with E-state index < -0.39 is 5.41 Å². The number of hydrogen-bond acceptors (Lipinski definition) is 3. The van der Waals surface area contributed by atoms with Crippen LogP contribution in [-0.2, 0) is 4.79 Å². The maximum Gasteiger partial charge on any atom is 0.243 e. The summed E-state index contributed by atoms with van der Waals surface area (Å²) in [6.45, 7) is 2.02. The van der Waals surface area contributed by atoms with E-state index in [2.05, 4.69) is 6.07 Å². The van der Waals surface area contributed by atoms with Gasteiger partial charge in [0.15, 0.2) is 0 Å². The average molecular weight is 212 g/mol. The van der Waals surface area contributed by atoms with Crippen LogP contribution in [0.4, 0.5) is 0 Å². The highest BCUT2D eigenvalue weighted by molar-refractivity contribution is 7.98. The molecule has 0 aromatic rings. The Labute approximate surface area is 89.5 Å². The molecule has 0 aromatic heterocycles. The molecule has 1 fully saturated rings. The van der Waals surface area contributed by atoms with Gasteiger partial charge in [-0.25, -0.2) is 0 Å². The van der Waals surface area contributed by atoms with Crippen LogP contribution >= 0.6 is 11.8 Å².